The summed E-state index contributed by atoms with van der Waals surface area (Å²) in [6, 6.07) is 7.32. The van der Waals surface area contributed by atoms with Gasteiger partial charge in [0.2, 0.25) is 11.8 Å². The number of carbonyl (C=O) groups is 4. The van der Waals surface area contributed by atoms with Gasteiger partial charge in [-0.1, -0.05) is 50.2 Å². The van der Waals surface area contributed by atoms with Gasteiger partial charge in [0.25, 0.3) is 0 Å². The van der Waals surface area contributed by atoms with E-state index in [2.05, 4.69) is 27.4 Å². The fraction of sp³-hybridized carbons (Fsp3) is 0.515. The Kier molecular flexibility index (Phi) is 9.13. The van der Waals surface area contributed by atoms with Crippen LogP contribution in [0.5, 0.6) is 0 Å². The number of rotatable bonds is 10. The number of pyridine rings is 1. The topological polar surface area (TPSA) is 160 Å². The van der Waals surface area contributed by atoms with Crippen molar-refractivity contribution in [2.45, 2.75) is 89.1 Å². The summed E-state index contributed by atoms with van der Waals surface area (Å²) in [7, 11) is 0. The minimum Gasteiger partial charge on any atom is -0.479 e. The Hall–Kier alpha value is -4.48. The van der Waals surface area contributed by atoms with Gasteiger partial charge in [-0.15, -0.1) is 6.58 Å². The fourth-order valence-corrected chi connectivity index (χ4v) is 6.21. The molecule has 2 saturated carbocycles. The van der Waals surface area contributed by atoms with Gasteiger partial charge in [-0.2, -0.15) is 0 Å². The molecule has 12 nitrogen and oxygen atoms in total. The molecule has 240 valence electrons. The Morgan fingerprint density at radius 3 is 2.56 bits per heavy atom. The molecule has 12 heteroatoms. The van der Waals surface area contributed by atoms with E-state index >= 15 is 0 Å². The Morgan fingerprint density at radius 2 is 1.89 bits per heavy atom. The minimum atomic E-state index is -1.47. The molecule has 3 fully saturated rings. The minimum absolute atomic E-state index is 0.00223. The van der Waals surface area contributed by atoms with Crippen LogP contribution in [-0.4, -0.2) is 81.5 Å². The first-order valence-corrected chi connectivity index (χ1v) is 15.4. The van der Waals surface area contributed by atoms with E-state index < -0.39 is 58.9 Å². The zero-order valence-electron chi connectivity index (χ0n) is 25.9. The number of carboxylic acid groups (broad SMARTS) is 1. The lowest BCUT2D eigenvalue weighted by molar-refractivity contribution is -0.146. The van der Waals surface area contributed by atoms with E-state index in [1.165, 1.54) is 11.0 Å². The lowest BCUT2D eigenvalue weighted by Gasteiger charge is -2.35. The quantitative estimate of drug-likeness (QED) is 0.206. The number of hydrogen-bond acceptors (Lipinski definition) is 8. The van der Waals surface area contributed by atoms with Crippen LogP contribution in [0, 0.1) is 11.3 Å². The second-order valence-electron chi connectivity index (χ2n) is 13.2. The number of ether oxygens (including phenoxy) is 1. The molecular formula is C33H41N5O7. The highest BCUT2D eigenvalue weighted by Gasteiger charge is 2.61. The van der Waals surface area contributed by atoms with Crippen LogP contribution in [0.1, 0.15) is 64.9 Å². The number of fused-ring (bicyclic) bond motifs is 1. The van der Waals surface area contributed by atoms with Gasteiger partial charge in [0, 0.05) is 29.5 Å². The molecule has 1 saturated heterocycles. The number of oxime groups is 1. The van der Waals surface area contributed by atoms with E-state index in [9.17, 15) is 24.3 Å². The van der Waals surface area contributed by atoms with E-state index in [0.29, 0.717) is 0 Å². The average molecular weight is 620 g/mol. The molecule has 1 aliphatic heterocycles. The number of benzene rings is 1. The second-order valence-corrected chi connectivity index (χ2v) is 13.2. The number of amides is 3. The van der Waals surface area contributed by atoms with Crippen molar-refractivity contribution in [2.24, 2.45) is 16.5 Å². The number of para-hydroxylation sites is 1. The van der Waals surface area contributed by atoms with Gasteiger partial charge in [0.1, 0.15) is 29.8 Å². The average Bonchev–Trinajstić information content (AvgIpc) is 3.28. The zero-order chi connectivity index (χ0) is 32.4. The van der Waals surface area contributed by atoms with E-state index in [0.717, 1.165) is 42.1 Å². The maximum atomic E-state index is 14.1. The largest absolute Gasteiger partial charge is 0.479 e. The van der Waals surface area contributed by atoms with Gasteiger partial charge in [-0.25, -0.2) is 9.59 Å². The van der Waals surface area contributed by atoms with E-state index in [1.54, 1.807) is 18.5 Å². The Morgan fingerprint density at radius 1 is 1.16 bits per heavy atom. The molecule has 5 rings (SSSR count). The molecule has 0 spiro atoms. The SMILES string of the molecule is C=C[C@@H]1C[C@@]1(NC(=O)[C@@H]1C[C@@H](O/N=C/c2ccnc3ccccc23)CN1C(=O)[C@@H](NC(=O)OC1CCCC1)C(C)(C)C)C(=O)O. The van der Waals surface area contributed by atoms with Crippen LogP contribution in [0.25, 0.3) is 10.9 Å². The van der Waals surface area contributed by atoms with Crippen molar-refractivity contribution >= 4 is 41.0 Å². The summed E-state index contributed by atoms with van der Waals surface area (Å²) in [5.74, 6) is -2.71. The number of carbonyl (C=O) groups excluding carboxylic acids is 3. The van der Waals surface area contributed by atoms with Crippen LogP contribution in [0.3, 0.4) is 0 Å². The number of aliphatic carboxylic acids is 1. The molecule has 45 heavy (non-hydrogen) atoms. The molecule has 2 aliphatic carbocycles. The molecule has 2 heterocycles. The highest BCUT2D eigenvalue weighted by Crippen LogP contribution is 2.45. The van der Waals surface area contributed by atoms with Gasteiger partial charge < -0.3 is 30.2 Å². The third-order valence-electron chi connectivity index (χ3n) is 8.91. The third kappa shape index (κ3) is 6.94. The summed E-state index contributed by atoms with van der Waals surface area (Å²) < 4.78 is 5.57. The first-order chi connectivity index (χ1) is 21.4. The third-order valence-corrected chi connectivity index (χ3v) is 8.91. The fourth-order valence-electron chi connectivity index (χ4n) is 6.21. The lowest BCUT2D eigenvalue weighted by Crippen LogP contribution is -2.59. The number of carboxylic acids is 1. The van der Waals surface area contributed by atoms with E-state index in [-0.39, 0.29) is 25.5 Å². The van der Waals surface area contributed by atoms with Crippen molar-refractivity contribution < 1.29 is 33.9 Å². The molecule has 1 aromatic heterocycles. The van der Waals surface area contributed by atoms with E-state index in [4.69, 9.17) is 9.57 Å². The molecule has 3 N–H and O–H groups in total. The number of nitrogens with zero attached hydrogens (tertiary/aromatic N) is 3. The summed E-state index contributed by atoms with van der Waals surface area (Å²) in [5, 5.41) is 20.4. The second kappa shape index (κ2) is 12.9. The van der Waals surface area contributed by atoms with Crippen molar-refractivity contribution in [3.8, 4) is 0 Å². The number of aromatic nitrogens is 1. The van der Waals surface area contributed by atoms with Crippen molar-refractivity contribution in [3.63, 3.8) is 0 Å². The molecule has 5 atom stereocenters. The normalized spacial score (nSPS) is 25.6. The molecule has 3 aliphatic rings. The smallest absolute Gasteiger partial charge is 0.408 e. The molecule has 0 bridgehead atoms. The van der Waals surface area contributed by atoms with Crippen LogP contribution in [0.2, 0.25) is 0 Å². The van der Waals surface area contributed by atoms with E-state index in [1.807, 2.05) is 45.0 Å². The summed E-state index contributed by atoms with van der Waals surface area (Å²) in [6.07, 6.45) is 6.99. The van der Waals surface area contributed by atoms with Gasteiger partial charge >= 0.3 is 12.1 Å². The van der Waals surface area contributed by atoms with Gasteiger partial charge in [-0.05, 0) is 49.7 Å². The number of alkyl carbamates (subject to hydrolysis) is 1. The molecule has 2 aromatic rings. The van der Waals surface area contributed by atoms with Crippen molar-refractivity contribution in [3.05, 3.63) is 54.7 Å². The monoisotopic (exact) mass is 619 g/mol. The first kappa shape index (κ1) is 31.9. The van der Waals surface area contributed by atoms with Gasteiger partial charge in [-0.3, -0.25) is 14.6 Å². The molecule has 0 radical (unpaired) electrons. The standard InChI is InChI=1S/C33H41N5O7/c1-5-21-17-33(21,30(41)42)37-28(39)26-16-23(45-35-18-20-14-15-34-25-13-9-8-12-24(20)25)19-38(26)29(40)27(32(2,3)4)36-31(43)44-22-10-6-7-11-22/h5,8-9,12-15,18,21-23,26-27H,1,6-7,10-11,16-17,19H2,2-4H3,(H,36,43)(H,37,39)(H,41,42)/b35-18+/t21-,23-,26+,27-,33+/m1/s1. The van der Waals surface area contributed by atoms with Crippen molar-refractivity contribution in [1.82, 2.24) is 20.5 Å². The Balaban J connectivity index is 1.36. The molecule has 1 aromatic carbocycles. The number of nitrogens with one attached hydrogen (secondary N) is 2. The summed E-state index contributed by atoms with van der Waals surface area (Å²) in [5.41, 5.74) is -0.627. The summed E-state index contributed by atoms with van der Waals surface area (Å²) >= 11 is 0. The predicted molar refractivity (Wildman–Crippen MR) is 166 cm³/mol. The van der Waals surface area contributed by atoms with Crippen LogP contribution < -0.4 is 10.6 Å². The number of hydrogen-bond donors (Lipinski definition) is 3. The van der Waals surface area contributed by atoms with Gasteiger partial charge in [0.15, 0.2) is 0 Å². The van der Waals surface area contributed by atoms with Crippen LogP contribution in [0.15, 0.2) is 54.3 Å². The van der Waals surface area contributed by atoms with Crippen molar-refractivity contribution in [2.75, 3.05) is 6.54 Å². The zero-order valence-corrected chi connectivity index (χ0v) is 25.9. The van der Waals surface area contributed by atoms with Crippen LogP contribution >= 0.6 is 0 Å². The molecular weight excluding hydrogens is 578 g/mol. The van der Waals surface area contributed by atoms with Gasteiger partial charge in [0.05, 0.1) is 18.3 Å². The summed E-state index contributed by atoms with van der Waals surface area (Å²) in [4.78, 5) is 64.3. The molecule has 3 amide bonds. The highest BCUT2D eigenvalue weighted by molar-refractivity contribution is 5.98. The van der Waals surface area contributed by atoms with Crippen LogP contribution in [0.4, 0.5) is 4.79 Å². The summed E-state index contributed by atoms with van der Waals surface area (Å²) in [6.45, 7) is 9.12. The van der Waals surface area contributed by atoms with Crippen LogP contribution in [-0.2, 0) is 24.0 Å². The lowest BCUT2D eigenvalue weighted by atomic mass is 9.85. The van der Waals surface area contributed by atoms with Crippen molar-refractivity contribution in [1.29, 1.82) is 0 Å². The predicted octanol–water partition coefficient (Wildman–Crippen LogP) is 3.78. The Labute approximate surface area is 262 Å². The molecule has 0 unspecified atom stereocenters. The highest BCUT2D eigenvalue weighted by atomic mass is 16.6. The maximum Gasteiger partial charge on any atom is 0.408 e. The number of likely N-dealkylation sites (tertiary alicyclic amines) is 1. The maximum absolute atomic E-state index is 14.1. The first-order valence-electron chi connectivity index (χ1n) is 15.4. The Bertz CT molecular complexity index is 1490.